The standard InChI is InChI=1S/C16H19N7O2/c17-8-12(7-11-1-2-11)14(24)22-3-5-23(6-4-22)16-19-9-13(10-20-16)21-15(18)25/h7,9-11H,1-6H2,(H3,18,21,25)/b12-7+. The SMILES string of the molecule is N#C/C(=C\C1CC1)C(=O)N1CCN(c2ncc(NC(N)=O)cn2)CC1. The highest BCUT2D eigenvalue weighted by molar-refractivity contribution is 5.97. The molecule has 2 fully saturated rings. The second-order valence-electron chi connectivity index (χ2n) is 6.07. The maximum atomic E-state index is 12.4. The minimum Gasteiger partial charge on any atom is -0.351 e. The lowest BCUT2D eigenvalue weighted by molar-refractivity contribution is -0.127. The van der Waals surface area contributed by atoms with Crippen LogP contribution in [0.4, 0.5) is 16.4 Å². The van der Waals surface area contributed by atoms with Gasteiger partial charge in [0, 0.05) is 26.2 Å². The van der Waals surface area contributed by atoms with Gasteiger partial charge in [-0.15, -0.1) is 0 Å². The zero-order chi connectivity index (χ0) is 17.8. The van der Waals surface area contributed by atoms with E-state index in [0.717, 1.165) is 12.8 Å². The number of carbonyl (C=O) groups is 2. The number of nitrogens with one attached hydrogen (secondary N) is 1. The fraction of sp³-hybridized carbons (Fsp3) is 0.438. The highest BCUT2D eigenvalue weighted by Gasteiger charge is 2.27. The van der Waals surface area contributed by atoms with Crippen LogP contribution in [0.15, 0.2) is 24.0 Å². The van der Waals surface area contributed by atoms with Gasteiger partial charge in [0.1, 0.15) is 11.6 Å². The molecule has 0 unspecified atom stereocenters. The Hall–Kier alpha value is -3.15. The first-order chi connectivity index (χ1) is 12.1. The maximum Gasteiger partial charge on any atom is 0.316 e. The third kappa shape index (κ3) is 4.23. The number of anilines is 2. The molecule has 130 valence electrons. The molecule has 1 saturated heterocycles. The zero-order valence-electron chi connectivity index (χ0n) is 13.7. The topological polar surface area (TPSA) is 128 Å². The number of aromatic nitrogens is 2. The van der Waals surface area contributed by atoms with Gasteiger partial charge in [-0.1, -0.05) is 6.08 Å². The van der Waals surface area contributed by atoms with Gasteiger partial charge in [-0.3, -0.25) is 4.79 Å². The lowest BCUT2D eigenvalue weighted by Gasteiger charge is -2.34. The van der Waals surface area contributed by atoms with Gasteiger partial charge in [-0.25, -0.2) is 14.8 Å². The predicted molar refractivity (Wildman–Crippen MR) is 90.5 cm³/mol. The Morgan fingerprint density at radius 3 is 2.40 bits per heavy atom. The van der Waals surface area contributed by atoms with E-state index < -0.39 is 6.03 Å². The molecule has 1 aliphatic carbocycles. The first-order valence-corrected chi connectivity index (χ1v) is 8.11. The fourth-order valence-corrected chi connectivity index (χ4v) is 2.63. The summed E-state index contributed by atoms with van der Waals surface area (Å²) in [4.78, 5) is 35.2. The van der Waals surface area contributed by atoms with Crippen LogP contribution in [0.25, 0.3) is 0 Å². The van der Waals surface area contributed by atoms with Gasteiger partial charge in [-0.2, -0.15) is 5.26 Å². The van der Waals surface area contributed by atoms with Gasteiger partial charge in [0.15, 0.2) is 0 Å². The molecule has 0 spiro atoms. The third-order valence-corrected chi connectivity index (χ3v) is 4.13. The minimum absolute atomic E-state index is 0.198. The second-order valence-corrected chi connectivity index (χ2v) is 6.07. The Balaban J connectivity index is 1.57. The molecule has 1 saturated carbocycles. The number of primary amides is 1. The van der Waals surface area contributed by atoms with Crippen molar-refractivity contribution < 1.29 is 9.59 Å². The van der Waals surface area contributed by atoms with Crippen molar-refractivity contribution in [2.24, 2.45) is 11.7 Å². The van der Waals surface area contributed by atoms with Crippen molar-refractivity contribution in [3.8, 4) is 6.07 Å². The van der Waals surface area contributed by atoms with Gasteiger partial charge in [0.2, 0.25) is 5.95 Å². The smallest absolute Gasteiger partial charge is 0.316 e. The number of amides is 3. The summed E-state index contributed by atoms with van der Waals surface area (Å²) in [5, 5.41) is 11.6. The lowest BCUT2D eigenvalue weighted by Crippen LogP contribution is -2.49. The number of allylic oxidation sites excluding steroid dienone is 1. The normalized spacial score (nSPS) is 17.8. The van der Waals surface area contributed by atoms with Crippen LogP contribution in [-0.2, 0) is 4.79 Å². The second kappa shape index (κ2) is 7.17. The Morgan fingerprint density at radius 1 is 1.24 bits per heavy atom. The van der Waals surface area contributed by atoms with Crippen molar-refractivity contribution in [2.75, 3.05) is 36.4 Å². The highest BCUT2D eigenvalue weighted by Crippen LogP contribution is 2.31. The van der Waals surface area contributed by atoms with Crippen LogP contribution in [-0.4, -0.2) is 53.0 Å². The quantitative estimate of drug-likeness (QED) is 0.605. The molecular formula is C16H19N7O2. The summed E-state index contributed by atoms with van der Waals surface area (Å²) >= 11 is 0. The van der Waals surface area contributed by atoms with Crippen LogP contribution in [0.2, 0.25) is 0 Å². The number of nitrogens with zero attached hydrogens (tertiary/aromatic N) is 5. The van der Waals surface area contributed by atoms with Gasteiger partial charge in [-0.05, 0) is 18.8 Å². The number of carbonyl (C=O) groups excluding carboxylic acids is 2. The van der Waals surface area contributed by atoms with Crippen LogP contribution < -0.4 is 16.0 Å². The number of rotatable bonds is 4. The van der Waals surface area contributed by atoms with E-state index in [1.54, 1.807) is 11.0 Å². The Kier molecular flexibility index (Phi) is 4.79. The van der Waals surface area contributed by atoms with Gasteiger partial charge in [0.25, 0.3) is 5.91 Å². The largest absolute Gasteiger partial charge is 0.351 e. The molecule has 0 aromatic carbocycles. The molecule has 3 amide bonds. The molecule has 25 heavy (non-hydrogen) atoms. The number of hydrogen-bond donors (Lipinski definition) is 2. The van der Waals surface area contributed by atoms with E-state index in [2.05, 4.69) is 15.3 Å². The molecule has 9 nitrogen and oxygen atoms in total. The van der Waals surface area contributed by atoms with Gasteiger partial charge >= 0.3 is 6.03 Å². The van der Waals surface area contributed by atoms with Crippen molar-refractivity contribution in [2.45, 2.75) is 12.8 Å². The predicted octanol–water partition coefficient (Wildman–Crippen LogP) is 0.476. The van der Waals surface area contributed by atoms with Crippen molar-refractivity contribution in [1.29, 1.82) is 5.26 Å². The molecule has 0 radical (unpaired) electrons. The first kappa shape index (κ1) is 16.7. The van der Waals surface area contributed by atoms with E-state index in [-0.39, 0.29) is 11.5 Å². The Bertz CT molecular complexity index is 726. The van der Waals surface area contributed by atoms with Crippen LogP contribution in [0.5, 0.6) is 0 Å². The molecule has 0 bridgehead atoms. The number of hydrogen-bond acceptors (Lipinski definition) is 6. The minimum atomic E-state index is -0.670. The third-order valence-electron chi connectivity index (χ3n) is 4.13. The molecule has 2 aliphatic rings. The monoisotopic (exact) mass is 341 g/mol. The Labute approximate surface area is 145 Å². The van der Waals surface area contributed by atoms with Crippen molar-refractivity contribution in [1.82, 2.24) is 14.9 Å². The fourth-order valence-electron chi connectivity index (χ4n) is 2.63. The van der Waals surface area contributed by atoms with Crippen LogP contribution in [0.1, 0.15) is 12.8 Å². The summed E-state index contributed by atoms with van der Waals surface area (Å²) in [6.07, 6.45) is 6.88. The Morgan fingerprint density at radius 2 is 1.88 bits per heavy atom. The maximum absolute atomic E-state index is 12.4. The summed E-state index contributed by atoms with van der Waals surface area (Å²) in [5.41, 5.74) is 5.71. The molecule has 1 aromatic heterocycles. The van der Waals surface area contributed by atoms with E-state index in [0.29, 0.717) is 43.7 Å². The molecule has 1 aliphatic heterocycles. The van der Waals surface area contributed by atoms with Crippen molar-refractivity contribution in [3.05, 3.63) is 24.0 Å². The number of nitriles is 1. The summed E-state index contributed by atoms with van der Waals surface area (Å²) in [6.45, 7) is 2.17. The van der Waals surface area contributed by atoms with E-state index in [9.17, 15) is 14.9 Å². The van der Waals surface area contributed by atoms with Gasteiger partial charge < -0.3 is 20.9 Å². The number of urea groups is 1. The van der Waals surface area contributed by atoms with Crippen LogP contribution >= 0.6 is 0 Å². The summed E-state index contributed by atoms with van der Waals surface area (Å²) in [6, 6.07) is 1.35. The summed E-state index contributed by atoms with van der Waals surface area (Å²) in [5.74, 6) is 0.716. The molecular weight excluding hydrogens is 322 g/mol. The summed E-state index contributed by atoms with van der Waals surface area (Å²) < 4.78 is 0. The first-order valence-electron chi connectivity index (χ1n) is 8.11. The number of nitrogens with two attached hydrogens (primary N) is 1. The summed E-state index contributed by atoms with van der Waals surface area (Å²) in [7, 11) is 0. The molecule has 0 atom stereocenters. The molecule has 3 rings (SSSR count). The molecule has 3 N–H and O–H groups in total. The highest BCUT2D eigenvalue weighted by atomic mass is 16.2. The average molecular weight is 341 g/mol. The van der Waals surface area contributed by atoms with Crippen molar-refractivity contribution >= 4 is 23.6 Å². The van der Waals surface area contributed by atoms with E-state index in [4.69, 9.17) is 5.73 Å². The molecule has 9 heteroatoms. The van der Waals surface area contributed by atoms with Crippen molar-refractivity contribution in [3.63, 3.8) is 0 Å². The number of piperazine rings is 1. The zero-order valence-corrected chi connectivity index (χ0v) is 13.7. The van der Waals surface area contributed by atoms with E-state index in [1.807, 2.05) is 11.0 Å². The van der Waals surface area contributed by atoms with Crippen LogP contribution in [0.3, 0.4) is 0 Å². The van der Waals surface area contributed by atoms with Gasteiger partial charge in [0.05, 0.1) is 18.1 Å². The molecule has 1 aromatic rings. The van der Waals surface area contributed by atoms with E-state index >= 15 is 0 Å². The average Bonchev–Trinajstić information content (AvgIpc) is 3.43. The van der Waals surface area contributed by atoms with Crippen LogP contribution in [0, 0.1) is 17.2 Å². The lowest BCUT2D eigenvalue weighted by atomic mass is 10.2. The van der Waals surface area contributed by atoms with E-state index in [1.165, 1.54) is 12.4 Å². The molecule has 2 heterocycles.